The molecule has 132 valence electrons. The minimum absolute atomic E-state index is 0.0113. The van der Waals surface area contributed by atoms with Crippen LogP contribution in [0.5, 0.6) is 0 Å². The molecule has 0 aliphatic rings. The Balaban J connectivity index is 5.14. The van der Waals surface area contributed by atoms with Gasteiger partial charge in [-0.1, -0.05) is 0 Å². The van der Waals surface area contributed by atoms with Crippen molar-refractivity contribution >= 4 is 23.8 Å². The highest BCUT2D eigenvalue weighted by Crippen LogP contribution is 2.14. The van der Waals surface area contributed by atoms with E-state index in [9.17, 15) is 24.3 Å². The third-order valence-electron chi connectivity index (χ3n) is 2.70. The molecule has 0 aliphatic heterocycles. The second-order valence-electron chi connectivity index (χ2n) is 4.39. The molecule has 0 unspecified atom stereocenters. The van der Waals surface area contributed by atoms with Crippen molar-refractivity contribution in [2.75, 3.05) is 26.4 Å². The van der Waals surface area contributed by atoms with Crippen LogP contribution in [-0.4, -0.2) is 61.4 Å². The smallest absolute Gasteiger partial charge is 0.327 e. The van der Waals surface area contributed by atoms with Crippen LogP contribution in [0.3, 0.4) is 0 Å². The summed E-state index contributed by atoms with van der Waals surface area (Å²) in [4.78, 5) is 46.6. The van der Waals surface area contributed by atoms with Crippen molar-refractivity contribution in [1.29, 1.82) is 0 Å². The van der Waals surface area contributed by atoms with Crippen molar-refractivity contribution < 1.29 is 38.5 Å². The number of carbonyl (C=O) groups is 4. The van der Waals surface area contributed by atoms with Gasteiger partial charge in [0, 0.05) is 6.61 Å². The number of carbonyl (C=O) groups excluding carboxylic acids is 3. The van der Waals surface area contributed by atoms with Gasteiger partial charge in [-0.05, 0) is 20.8 Å². The minimum atomic E-state index is -1.62. The molecular weight excluding hydrogens is 310 g/mol. The summed E-state index contributed by atoms with van der Waals surface area (Å²) in [7, 11) is 0. The van der Waals surface area contributed by atoms with Gasteiger partial charge >= 0.3 is 17.9 Å². The van der Waals surface area contributed by atoms with E-state index in [1.165, 1.54) is 0 Å². The summed E-state index contributed by atoms with van der Waals surface area (Å²) >= 11 is 0. The maximum atomic E-state index is 11.9. The number of hydrogen-bond donors (Lipinski definition) is 2. The lowest BCUT2D eigenvalue weighted by molar-refractivity contribution is -0.160. The van der Waals surface area contributed by atoms with Gasteiger partial charge in [-0.2, -0.15) is 0 Å². The number of aliphatic carboxylic acids is 1. The first kappa shape index (κ1) is 20.8. The molecule has 0 saturated heterocycles. The lowest BCUT2D eigenvalue weighted by atomic mass is 9.96. The molecule has 2 atom stereocenters. The predicted molar refractivity (Wildman–Crippen MR) is 77.4 cm³/mol. The Morgan fingerprint density at radius 1 is 1.00 bits per heavy atom. The molecule has 0 aromatic rings. The van der Waals surface area contributed by atoms with Gasteiger partial charge < -0.3 is 24.6 Å². The maximum absolute atomic E-state index is 11.9. The van der Waals surface area contributed by atoms with Gasteiger partial charge in [0.05, 0.1) is 25.6 Å². The number of esters is 2. The van der Waals surface area contributed by atoms with Crippen molar-refractivity contribution in [3.8, 4) is 0 Å². The Labute approximate surface area is 134 Å². The van der Waals surface area contributed by atoms with Crippen molar-refractivity contribution in [2.45, 2.75) is 33.2 Å². The lowest BCUT2D eigenvalue weighted by Gasteiger charge is -2.22. The number of rotatable bonds is 11. The third kappa shape index (κ3) is 8.15. The molecule has 0 fully saturated rings. The summed E-state index contributed by atoms with van der Waals surface area (Å²) < 4.78 is 14.4. The van der Waals surface area contributed by atoms with Gasteiger partial charge in [0.2, 0.25) is 5.91 Å². The summed E-state index contributed by atoms with van der Waals surface area (Å²) in [6.07, 6.45) is -0.515. The Morgan fingerprint density at radius 3 is 2.09 bits per heavy atom. The largest absolute Gasteiger partial charge is 0.480 e. The average molecular weight is 333 g/mol. The van der Waals surface area contributed by atoms with Gasteiger partial charge in [-0.3, -0.25) is 14.4 Å². The molecule has 0 saturated carbocycles. The second kappa shape index (κ2) is 11.4. The highest BCUT2D eigenvalue weighted by Gasteiger charge is 2.38. The van der Waals surface area contributed by atoms with E-state index in [2.05, 4.69) is 5.32 Å². The first-order valence-corrected chi connectivity index (χ1v) is 7.29. The number of hydrogen-bond acceptors (Lipinski definition) is 7. The molecule has 9 heteroatoms. The average Bonchev–Trinajstić information content (AvgIpc) is 2.48. The van der Waals surface area contributed by atoms with Crippen molar-refractivity contribution in [1.82, 2.24) is 5.32 Å². The standard InChI is InChI=1S/C14H23NO8/c1-4-21-8-10(16)15-12(13(18)19)9(14(20)23-6-3)7-11(17)22-5-2/h9,12H,4-8H2,1-3H3,(H,15,16)(H,18,19)/t9-,12-/m1/s1. The fourth-order valence-electron chi connectivity index (χ4n) is 1.73. The first-order chi connectivity index (χ1) is 10.9. The first-order valence-electron chi connectivity index (χ1n) is 7.29. The molecule has 2 N–H and O–H groups in total. The quantitative estimate of drug-likeness (QED) is 0.494. The van der Waals surface area contributed by atoms with E-state index >= 15 is 0 Å². The second-order valence-corrected chi connectivity index (χ2v) is 4.39. The van der Waals surface area contributed by atoms with Crippen molar-refractivity contribution in [2.24, 2.45) is 5.92 Å². The SMILES string of the molecule is CCOCC(=O)N[C@@H](C(=O)O)[C@@H](CC(=O)OCC)C(=O)OCC. The van der Waals surface area contributed by atoms with E-state index in [0.717, 1.165) is 0 Å². The lowest BCUT2D eigenvalue weighted by Crippen LogP contribution is -2.50. The Hall–Kier alpha value is -2.16. The number of carboxylic acid groups (broad SMARTS) is 1. The highest BCUT2D eigenvalue weighted by molar-refractivity contribution is 5.90. The Bertz CT molecular complexity index is 423. The van der Waals surface area contributed by atoms with Crippen LogP contribution in [0.15, 0.2) is 0 Å². The zero-order valence-electron chi connectivity index (χ0n) is 13.5. The number of carboxylic acids is 1. The third-order valence-corrected chi connectivity index (χ3v) is 2.70. The summed E-state index contributed by atoms with van der Waals surface area (Å²) in [6, 6.07) is -1.62. The van der Waals surface area contributed by atoms with E-state index in [0.29, 0.717) is 0 Å². The number of ether oxygens (including phenoxy) is 3. The molecule has 9 nitrogen and oxygen atoms in total. The van der Waals surface area contributed by atoms with Crippen LogP contribution in [0.2, 0.25) is 0 Å². The Kier molecular flexibility index (Phi) is 10.3. The van der Waals surface area contributed by atoms with Crippen LogP contribution < -0.4 is 5.32 Å². The topological polar surface area (TPSA) is 128 Å². The highest BCUT2D eigenvalue weighted by atomic mass is 16.5. The zero-order valence-corrected chi connectivity index (χ0v) is 13.5. The predicted octanol–water partition coefficient (Wildman–Crippen LogP) is -0.275. The molecule has 0 spiro atoms. The molecule has 0 bridgehead atoms. The monoisotopic (exact) mass is 333 g/mol. The van der Waals surface area contributed by atoms with E-state index in [1.54, 1.807) is 20.8 Å². The summed E-state index contributed by atoms with van der Waals surface area (Å²) in [6.45, 7) is 4.81. The van der Waals surface area contributed by atoms with Crippen LogP contribution in [0.25, 0.3) is 0 Å². The van der Waals surface area contributed by atoms with Crippen LogP contribution in [0.4, 0.5) is 0 Å². The fraction of sp³-hybridized carbons (Fsp3) is 0.714. The zero-order chi connectivity index (χ0) is 17.8. The Morgan fingerprint density at radius 2 is 1.61 bits per heavy atom. The van der Waals surface area contributed by atoms with Gasteiger partial charge in [0.1, 0.15) is 12.6 Å². The van der Waals surface area contributed by atoms with Crippen LogP contribution in [-0.2, 0) is 33.4 Å². The molecule has 0 aromatic carbocycles. The van der Waals surface area contributed by atoms with Gasteiger partial charge in [0.15, 0.2) is 0 Å². The molecular formula is C14H23NO8. The molecule has 1 amide bonds. The minimum Gasteiger partial charge on any atom is -0.480 e. The normalized spacial score (nSPS) is 12.8. The van der Waals surface area contributed by atoms with E-state index in [-0.39, 0.29) is 26.4 Å². The fourth-order valence-corrected chi connectivity index (χ4v) is 1.73. The van der Waals surface area contributed by atoms with Crippen LogP contribution in [0, 0.1) is 5.92 Å². The molecule has 0 aliphatic carbocycles. The number of nitrogens with one attached hydrogen (secondary N) is 1. The molecule has 0 rings (SSSR count). The van der Waals surface area contributed by atoms with Crippen LogP contribution in [0.1, 0.15) is 27.2 Å². The molecule has 0 heterocycles. The summed E-state index contributed by atoms with van der Waals surface area (Å²) in [5.74, 6) is -5.22. The van der Waals surface area contributed by atoms with Crippen LogP contribution >= 0.6 is 0 Å². The maximum Gasteiger partial charge on any atom is 0.327 e. The van der Waals surface area contributed by atoms with E-state index < -0.39 is 42.2 Å². The number of amides is 1. The van der Waals surface area contributed by atoms with E-state index in [4.69, 9.17) is 14.2 Å². The van der Waals surface area contributed by atoms with Gasteiger partial charge in [-0.15, -0.1) is 0 Å². The van der Waals surface area contributed by atoms with Crippen molar-refractivity contribution in [3.05, 3.63) is 0 Å². The van der Waals surface area contributed by atoms with Gasteiger partial charge in [-0.25, -0.2) is 4.79 Å². The summed E-state index contributed by atoms with van der Waals surface area (Å²) in [5.41, 5.74) is 0. The van der Waals surface area contributed by atoms with Crippen molar-refractivity contribution in [3.63, 3.8) is 0 Å². The molecule has 23 heavy (non-hydrogen) atoms. The molecule has 0 radical (unpaired) electrons. The van der Waals surface area contributed by atoms with E-state index in [1.807, 2.05) is 0 Å². The summed E-state index contributed by atoms with van der Waals surface area (Å²) in [5, 5.41) is 11.4. The molecule has 0 aromatic heterocycles. The van der Waals surface area contributed by atoms with Gasteiger partial charge in [0.25, 0.3) is 0 Å².